The molecule has 0 aromatic carbocycles. The number of likely N-dealkylation sites (tertiary alicyclic amines) is 1. The van der Waals surface area contributed by atoms with Crippen molar-refractivity contribution in [1.82, 2.24) is 29.4 Å². The number of aryl methyl sites for hydroxylation is 2. The minimum Gasteiger partial charge on any atom is -0.290 e. The average Bonchev–Trinajstić information content (AvgIpc) is 3.26. The largest absolute Gasteiger partial charge is 0.290 e. The van der Waals surface area contributed by atoms with Crippen molar-refractivity contribution in [2.45, 2.75) is 25.4 Å². The maximum atomic E-state index is 4.79. The molecule has 0 bridgehead atoms. The maximum absolute atomic E-state index is 4.79. The summed E-state index contributed by atoms with van der Waals surface area (Å²) in [5.41, 5.74) is 3.55. The molecule has 23 heavy (non-hydrogen) atoms. The number of rotatable bonds is 4. The fourth-order valence-electron chi connectivity index (χ4n) is 3.26. The summed E-state index contributed by atoms with van der Waals surface area (Å²) in [6.45, 7) is 2.02. The van der Waals surface area contributed by atoms with Gasteiger partial charge in [0, 0.05) is 55.6 Å². The molecule has 4 heterocycles. The highest BCUT2D eigenvalue weighted by atomic mass is 32.1. The van der Waals surface area contributed by atoms with E-state index in [-0.39, 0.29) is 0 Å². The molecule has 7 heteroatoms. The third kappa shape index (κ3) is 2.94. The van der Waals surface area contributed by atoms with E-state index in [0.717, 1.165) is 29.4 Å². The van der Waals surface area contributed by atoms with Gasteiger partial charge < -0.3 is 0 Å². The zero-order valence-corrected chi connectivity index (χ0v) is 14.2. The van der Waals surface area contributed by atoms with Crippen molar-refractivity contribution in [1.29, 1.82) is 0 Å². The van der Waals surface area contributed by atoms with Gasteiger partial charge in [0.1, 0.15) is 5.01 Å². The first-order chi connectivity index (χ1) is 11.2. The minimum absolute atomic E-state index is 0.465. The van der Waals surface area contributed by atoms with Crippen molar-refractivity contribution in [2.75, 3.05) is 6.54 Å². The van der Waals surface area contributed by atoms with Crippen molar-refractivity contribution >= 4 is 11.3 Å². The van der Waals surface area contributed by atoms with Crippen LogP contribution >= 0.6 is 11.3 Å². The van der Waals surface area contributed by atoms with Gasteiger partial charge in [0.2, 0.25) is 0 Å². The summed E-state index contributed by atoms with van der Waals surface area (Å²) in [6, 6.07) is 0.465. The molecule has 1 atom stereocenters. The lowest BCUT2D eigenvalue weighted by Crippen LogP contribution is -2.22. The van der Waals surface area contributed by atoms with E-state index in [9.17, 15) is 0 Å². The van der Waals surface area contributed by atoms with Crippen LogP contribution in [0, 0.1) is 0 Å². The number of aromatic nitrogens is 5. The summed E-state index contributed by atoms with van der Waals surface area (Å²) >= 11 is 1.69. The predicted molar refractivity (Wildman–Crippen MR) is 89.9 cm³/mol. The Morgan fingerprint density at radius 2 is 2.00 bits per heavy atom. The quantitative estimate of drug-likeness (QED) is 0.739. The van der Waals surface area contributed by atoms with Gasteiger partial charge in [0.25, 0.3) is 0 Å². The van der Waals surface area contributed by atoms with E-state index in [1.807, 2.05) is 42.0 Å². The zero-order valence-electron chi connectivity index (χ0n) is 13.4. The van der Waals surface area contributed by atoms with Crippen LogP contribution < -0.4 is 0 Å². The maximum Gasteiger partial charge on any atom is 0.126 e. The first kappa shape index (κ1) is 14.6. The van der Waals surface area contributed by atoms with Gasteiger partial charge in [0.15, 0.2) is 0 Å². The second-order valence-corrected chi connectivity index (χ2v) is 6.98. The molecule has 4 rings (SSSR count). The fraction of sp³-hybridized carbons (Fsp3) is 0.438. The summed E-state index contributed by atoms with van der Waals surface area (Å²) in [5.74, 6) is 0. The highest BCUT2D eigenvalue weighted by molar-refractivity contribution is 7.13. The molecular weight excluding hydrogens is 308 g/mol. The Kier molecular flexibility index (Phi) is 3.74. The van der Waals surface area contributed by atoms with Gasteiger partial charge in [0.05, 0.1) is 18.1 Å². The normalized spacial score (nSPS) is 18.8. The lowest BCUT2D eigenvalue weighted by molar-refractivity contribution is 0.246. The van der Waals surface area contributed by atoms with Crippen molar-refractivity contribution in [3.63, 3.8) is 0 Å². The lowest BCUT2D eigenvalue weighted by atomic mass is 10.1. The summed E-state index contributed by atoms with van der Waals surface area (Å²) in [4.78, 5) is 7.31. The van der Waals surface area contributed by atoms with E-state index >= 15 is 0 Å². The molecule has 0 amide bonds. The van der Waals surface area contributed by atoms with Gasteiger partial charge in [-0.2, -0.15) is 10.2 Å². The SMILES string of the molecule is Cn1cc(-c2nc(CN3CCC[C@H]3c3cnn(C)c3)cs2)cn1. The molecule has 120 valence electrons. The monoisotopic (exact) mass is 328 g/mol. The average molecular weight is 328 g/mol. The van der Waals surface area contributed by atoms with Gasteiger partial charge in [-0.05, 0) is 19.4 Å². The van der Waals surface area contributed by atoms with E-state index in [2.05, 4.69) is 26.7 Å². The number of hydrogen-bond acceptors (Lipinski definition) is 5. The van der Waals surface area contributed by atoms with Crippen LogP contribution in [0.15, 0.2) is 30.2 Å². The van der Waals surface area contributed by atoms with Crippen molar-refractivity contribution in [3.8, 4) is 10.6 Å². The third-order valence-electron chi connectivity index (χ3n) is 4.34. The Balaban J connectivity index is 1.50. The van der Waals surface area contributed by atoms with Crippen molar-refractivity contribution < 1.29 is 0 Å². The second-order valence-electron chi connectivity index (χ2n) is 6.12. The summed E-state index contributed by atoms with van der Waals surface area (Å²) in [7, 11) is 3.91. The summed E-state index contributed by atoms with van der Waals surface area (Å²) in [6.07, 6.45) is 10.4. The number of thiazole rings is 1. The molecule has 0 aliphatic carbocycles. The highest BCUT2D eigenvalue weighted by Gasteiger charge is 2.27. The van der Waals surface area contributed by atoms with E-state index in [1.165, 1.54) is 18.4 Å². The molecule has 6 nitrogen and oxygen atoms in total. The molecule has 3 aromatic heterocycles. The first-order valence-electron chi connectivity index (χ1n) is 7.85. The second kappa shape index (κ2) is 5.90. The van der Waals surface area contributed by atoms with E-state index < -0.39 is 0 Å². The van der Waals surface area contributed by atoms with Gasteiger partial charge in [-0.3, -0.25) is 14.3 Å². The molecule has 1 saturated heterocycles. The Hall–Kier alpha value is -1.99. The predicted octanol–water partition coefficient (Wildman–Crippen LogP) is 2.61. The molecule has 0 unspecified atom stereocenters. The van der Waals surface area contributed by atoms with Crippen LogP contribution in [0.2, 0.25) is 0 Å². The minimum atomic E-state index is 0.465. The van der Waals surface area contributed by atoms with E-state index in [4.69, 9.17) is 4.98 Å². The van der Waals surface area contributed by atoms with Crippen LogP contribution in [-0.2, 0) is 20.6 Å². The Morgan fingerprint density at radius 1 is 1.17 bits per heavy atom. The molecule has 3 aromatic rings. The molecule has 1 aliphatic heterocycles. The Morgan fingerprint density at radius 3 is 2.74 bits per heavy atom. The third-order valence-corrected chi connectivity index (χ3v) is 5.28. The van der Waals surface area contributed by atoms with Crippen LogP contribution in [0.1, 0.15) is 30.1 Å². The van der Waals surface area contributed by atoms with Crippen molar-refractivity contribution in [2.24, 2.45) is 14.1 Å². The molecule has 1 fully saturated rings. The molecule has 1 aliphatic rings. The van der Waals surface area contributed by atoms with E-state index in [1.54, 1.807) is 11.3 Å². The number of nitrogens with zero attached hydrogens (tertiary/aromatic N) is 6. The summed E-state index contributed by atoms with van der Waals surface area (Å²) in [5, 5.41) is 11.8. The molecule has 0 spiro atoms. The van der Waals surface area contributed by atoms with Crippen LogP contribution in [-0.4, -0.2) is 36.0 Å². The topological polar surface area (TPSA) is 51.8 Å². The highest BCUT2D eigenvalue weighted by Crippen LogP contribution is 2.33. The van der Waals surface area contributed by atoms with Gasteiger partial charge in [-0.25, -0.2) is 4.98 Å². The molecule has 0 N–H and O–H groups in total. The molecule has 0 saturated carbocycles. The van der Waals surface area contributed by atoms with E-state index in [0.29, 0.717) is 6.04 Å². The van der Waals surface area contributed by atoms with Crippen molar-refractivity contribution in [3.05, 3.63) is 41.4 Å². The fourth-order valence-corrected chi connectivity index (χ4v) is 4.04. The van der Waals surface area contributed by atoms with Gasteiger partial charge in [-0.15, -0.1) is 11.3 Å². The first-order valence-corrected chi connectivity index (χ1v) is 8.73. The zero-order chi connectivity index (χ0) is 15.8. The summed E-state index contributed by atoms with van der Waals surface area (Å²) < 4.78 is 3.70. The Labute approximate surface area is 139 Å². The standard InChI is InChI=1S/C16H20N6S/c1-20-8-12(6-17-20)15-4-3-5-22(15)10-14-11-23-16(19-14)13-7-18-21(2)9-13/h6-9,11,15H,3-5,10H2,1-2H3/t15-/m0/s1. The van der Waals surface area contributed by atoms with Crippen LogP contribution in [0.3, 0.4) is 0 Å². The van der Waals surface area contributed by atoms with Crippen LogP contribution in [0.5, 0.6) is 0 Å². The smallest absolute Gasteiger partial charge is 0.126 e. The molecular formula is C16H20N6S. The number of hydrogen-bond donors (Lipinski definition) is 0. The lowest BCUT2D eigenvalue weighted by Gasteiger charge is -2.22. The van der Waals surface area contributed by atoms with Crippen LogP contribution in [0.4, 0.5) is 0 Å². The Bertz CT molecular complexity index is 801. The van der Waals surface area contributed by atoms with Gasteiger partial charge >= 0.3 is 0 Å². The molecule has 0 radical (unpaired) electrons. The van der Waals surface area contributed by atoms with Gasteiger partial charge in [-0.1, -0.05) is 0 Å². The van der Waals surface area contributed by atoms with Crippen LogP contribution in [0.25, 0.3) is 10.6 Å².